The Morgan fingerprint density at radius 3 is 1.14 bits per heavy atom. The Hall–Kier alpha value is 3.80. The summed E-state index contributed by atoms with van der Waals surface area (Å²) in [7, 11) is 0. The SMILES string of the molecule is O=C([O-])[O-].[Ar].[K+].[K+]. The molecule has 0 radical (unpaired) electrons. The fourth-order valence-corrected chi connectivity index (χ4v) is 0. The summed E-state index contributed by atoms with van der Waals surface area (Å²) in [5.41, 5.74) is 0. The van der Waals surface area contributed by atoms with Crippen LogP contribution in [0.5, 0.6) is 0 Å². The van der Waals surface area contributed by atoms with Crippen LogP contribution in [0.15, 0.2) is 0 Å². The van der Waals surface area contributed by atoms with Gasteiger partial charge in [0.2, 0.25) is 0 Å². The summed E-state index contributed by atoms with van der Waals surface area (Å²) in [6.45, 7) is 0. The third-order valence-electron chi connectivity index (χ3n) is 0. The van der Waals surface area contributed by atoms with Crippen molar-refractivity contribution in [2.24, 2.45) is 0 Å². The summed E-state index contributed by atoms with van der Waals surface area (Å²) < 4.78 is 0. The van der Waals surface area contributed by atoms with Gasteiger partial charge in [-0.05, 0) is 6.16 Å². The molecule has 0 unspecified atom stereocenters. The van der Waals surface area contributed by atoms with Crippen LogP contribution in [-0.4, -0.2) is 6.16 Å². The molecule has 0 fully saturated rings. The smallest absolute Gasteiger partial charge is 0.652 e. The van der Waals surface area contributed by atoms with E-state index in [1.54, 1.807) is 0 Å². The van der Waals surface area contributed by atoms with Gasteiger partial charge in [-0.15, -0.1) is 0 Å². The molecule has 0 N–H and O–H groups in total. The van der Waals surface area contributed by atoms with Crippen molar-refractivity contribution < 1.29 is 156 Å². The first kappa shape index (κ1) is 22.4. The molecule has 0 atom stereocenters. The van der Waals surface area contributed by atoms with E-state index in [0.29, 0.717) is 0 Å². The molecule has 0 saturated carbocycles. The summed E-state index contributed by atoms with van der Waals surface area (Å²) in [4.78, 5) is 8.33. The fraction of sp³-hybridized carbons (Fsp3) is 0. The first-order valence-electron chi connectivity index (χ1n) is 0.612. The van der Waals surface area contributed by atoms with E-state index in [9.17, 15) is 0 Å². The maximum Gasteiger partial charge on any atom is 1.00 e. The molecule has 0 rings (SSSR count). The predicted octanol–water partition coefficient (Wildman–Crippen LogP) is -8.44. The quantitative estimate of drug-likeness (QED) is 0.346. The Balaban J connectivity index is -0.0000000150. The molecule has 0 aliphatic rings. The first-order valence-corrected chi connectivity index (χ1v) is 0.612. The second kappa shape index (κ2) is 16.4. The molecule has 0 aliphatic heterocycles. The molecule has 0 saturated heterocycles. The molecule has 0 aromatic rings. The molecule has 0 aromatic heterocycles. The van der Waals surface area contributed by atoms with Crippen molar-refractivity contribution in [1.29, 1.82) is 0 Å². The van der Waals surface area contributed by atoms with Crippen molar-refractivity contribution in [2.75, 3.05) is 0 Å². The van der Waals surface area contributed by atoms with E-state index in [0.717, 1.165) is 0 Å². The molecule has 0 bridgehead atoms. The standard InChI is InChI=1S/CH2O3.Ar.2K/c2-1(3)4;;;/h(H2,2,3,4);;;/q;;2*+1/p-2. The Labute approximate surface area is 156 Å². The Kier molecular flexibility index (Phi) is 52.6. The Bertz CT molecular complexity index is 35.9. The molecule has 0 heterocycles. The van der Waals surface area contributed by atoms with Crippen LogP contribution in [0, 0.1) is 37.7 Å². The number of carboxylic acid groups (broad SMARTS) is 2. The van der Waals surface area contributed by atoms with Crippen LogP contribution in [-0.2, 0) is 0 Å². The van der Waals surface area contributed by atoms with E-state index in [1.807, 2.05) is 0 Å². The molecule has 6 heteroatoms. The maximum atomic E-state index is 8.33. The molecule has 0 amide bonds. The minimum absolute atomic E-state index is 0. The zero-order chi connectivity index (χ0) is 3.58. The number of carbonyl (C=O) groups is 1. The van der Waals surface area contributed by atoms with Crippen molar-refractivity contribution in [3.05, 3.63) is 0 Å². The van der Waals surface area contributed by atoms with Gasteiger partial charge >= 0.3 is 103 Å². The van der Waals surface area contributed by atoms with Crippen LogP contribution in [0.2, 0.25) is 0 Å². The van der Waals surface area contributed by atoms with Gasteiger partial charge in [0, 0.05) is 37.7 Å². The van der Waals surface area contributed by atoms with Crippen molar-refractivity contribution in [3.63, 3.8) is 0 Å². The van der Waals surface area contributed by atoms with Crippen LogP contribution in [0.4, 0.5) is 4.79 Å². The molecule has 7 heavy (non-hydrogen) atoms. The first-order chi connectivity index (χ1) is 1.73. The third-order valence-corrected chi connectivity index (χ3v) is 0. The van der Waals surface area contributed by atoms with Gasteiger partial charge in [0.05, 0.1) is 0 Å². The summed E-state index contributed by atoms with van der Waals surface area (Å²) in [5.74, 6) is 0. The van der Waals surface area contributed by atoms with Crippen LogP contribution in [0.1, 0.15) is 0 Å². The summed E-state index contributed by atoms with van der Waals surface area (Å²) in [6.07, 6.45) is -2.33. The molecule has 3 nitrogen and oxygen atoms in total. The zero-order valence-electron chi connectivity index (χ0n) is 4.08. The van der Waals surface area contributed by atoms with Crippen molar-refractivity contribution in [2.45, 2.75) is 0 Å². The Morgan fingerprint density at radius 2 is 1.14 bits per heavy atom. The van der Waals surface area contributed by atoms with Crippen molar-refractivity contribution in [1.82, 2.24) is 0 Å². The van der Waals surface area contributed by atoms with E-state index < -0.39 is 6.16 Å². The van der Waals surface area contributed by atoms with Gasteiger partial charge in [-0.1, -0.05) is 0 Å². The average molecular weight is 178 g/mol. The second-order valence-electron chi connectivity index (χ2n) is 0.250. The van der Waals surface area contributed by atoms with Crippen molar-refractivity contribution in [3.8, 4) is 0 Å². The normalized spacial score (nSPS) is 3.43. The monoisotopic (exact) mass is 178 g/mol. The number of hydrogen-bond acceptors (Lipinski definition) is 3. The minimum atomic E-state index is -2.33. The van der Waals surface area contributed by atoms with E-state index >= 15 is 0 Å². The van der Waals surface area contributed by atoms with Crippen molar-refractivity contribution >= 4 is 6.16 Å². The van der Waals surface area contributed by atoms with E-state index in [2.05, 4.69) is 0 Å². The summed E-state index contributed by atoms with van der Waals surface area (Å²) in [6, 6.07) is 0. The number of carbonyl (C=O) groups excluding carboxylic acids is 1. The fourth-order valence-electron chi connectivity index (χ4n) is 0. The summed E-state index contributed by atoms with van der Waals surface area (Å²) >= 11 is 0. The van der Waals surface area contributed by atoms with Crippen LogP contribution in [0.25, 0.3) is 0 Å². The van der Waals surface area contributed by atoms with Gasteiger partial charge in [-0.3, -0.25) is 0 Å². The molecular formula is CArK2O3. The second-order valence-corrected chi connectivity index (χ2v) is 0.250. The van der Waals surface area contributed by atoms with E-state index in [-0.39, 0.29) is 141 Å². The average Bonchev–Trinajstić information content (AvgIpc) is 0.811. The third kappa shape index (κ3) is 41.3. The van der Waals surface area contributed by atoms with Crippen LogP contribution in [0.3, 0.4) is 0 Å². The molecular weight excluding hydrogens is 178 g/mol. The number of rotatable bonds is 0. The van der Waals surface area contributed by atoms with Crippen LogP contribution < -0.4 is 113 Å². The predicted molar refractivity (Wildman–Crippen MR) is 5.40 cm³/mol. The van der Waals surface area contributed by atoms with E-state index in [4.69, 9.17) is 15.0 Å². The summed E-state index contributed by atoms with van der Waals surface area (Å²) in [5, 5.41) is 16.7. The largest absolute Gasteiger partial charge is 1.00 e. The van der Waals surface area contributed by atoms with Gasteiger partial charge in [-0.25, -0.2) is 0 Å². The van der Waals surface area contributed by atoms with Gasteiger partial charge < -0.3 is 15.0 Å². The van der Waals surface area contributed by atoms with Gasteiger partial charge in [0.25, 0.3) is 0 Å². The topological polar surface area (TPSA) is 63.2 Å². The van der Waals surface area contributed by atoms with Gasteiger partial charge in [0.15, 0.2) is 0 Å². The van der Waals surface area contributed by atoms with E-state index in [1.165, 1.54) is 0 Å². The van der Waals surface area contributed by atoms with Gasteiger partial charge in [0.1, 0.15) is 0 Å². The molecule has 0 aliphatic carbocycles. The Morgan fingerprint density at radius 1 is 1.14 bits per heavy atom. The minimum Gasteiger partial charge on any atom is -0.652 e. The van der Waals surface area contributed by atoms with Crippen LogP contribution >= 0.6 is 0 Å². The molecule has 0 aromatic carbocycles. The molecule has 32 valence electrons. The maximum absolute atomic E-state index is 8.33. The zero-order valence-corrected chi connectivity index (χ0v) is 11.0. The molecule has 0 spiro atoms. The van der Waals surface area contributed by atoms with Gasteiger partial charge in [-0.2, -0.15) is 0 Å². The number of hydrogen-bond donors (Lipinski definition) is 0.